The van der Waals surface area contributed by atoms with E-state index in [1.165, 1.54) is 128 Å². The number of likely N-dealkylation sites (tertiary alicyclic amines) is 1. The van der Waals surface area contributed by atoms with E-state index in [0.29, 0.717) is 6.42 Å². The maximum Gasteiger partial charge on any atom is 0.306 e. The average molecular weight is 522 g/mol. The van der Waals surface area contributed by atoms with Crippen LogP contribution in [0.4, 0.5) is 0 Å². The van der Waals surface area contributed by atoms with Crippen molar-refractivity contribution in [2.45, 2.75) is 206 Å². The van der Waals surface area contributed by atoms with Gasteiger partial charge in [-0.05, 0) is 41.2 Å². The summed E-state index contributed by atoms with van der Waals surface area (Å²) in [6.45, 7) is 11.3. The zero-order chi connectivity index (χ0) is 27.4. The molecule has 0 aliphatic carbocycles. The summed E-state index contributed by atoms with van der Waals surface area (Å²) >= 11 is 0. The van der Waals surface area contributed by atoms with Crippen LogP contribution in [0.25, 0.3) is 0 Å². The second kappa shape index (κ2) is 20.3. The molecule has 1 fully saturated rings. The zero-order valence-corrected chi connectivity index (χ0v) is 26.3. The summed E-state index contributed by atoms with van der Waals surface area (Å²) in [5.74, 6) is 0.0129. The highest BCUT2D eigenvalue weighted by molar-refractivity contribution is 5.69. The van der Waals surface area contributed by atoms with Crippen molar-refractivity contribution in [1.82, 2.24) is 4.90 Å². The van der Waals surface area contributed by atoms with Gasteiger partial charge in [0, 0.05) is 30.3 Å². The van der Waals surface area contributed by atoms with Gasteiger partial charge < -0.3 is 4.74 Å². The van der Waals surface area contributed by atoms with Crippen molar-refractivity contribution >= 4 is 5.97 Å². The Morgan fingerprint density at radius 2 is 0.892 bits per heavy atom. The molecule has 0 aromatic rings. The van der Waals surface area contributed by atoms with Crippen LogP contribution in [0.1, 0.15) is 189 Å². The molecule has 0 unspecified atom stereocenters. The molecule has 0 saturated carbocycles. The van der Waals surface area contributed by atoms with E-state index in [2.05, 4.69) is 46.6 Å². The molecule has 1 aliphatic rings. The number of carbonyl (C=O) groups is 1. The van der Waals surface area contributed by atoms with Crippen LogP contribution < -0.4 is 0 Å². The molecule has 1 aliphatic heterocycles. The quantitative estimate of drug-likeness (QED) is 0.0989. The van der Waals surface area contributed by atoms with Crippen LogP contribution in [0.3, 0.4) is 0 Å². The number of esters is 1. The predicted octanol–water partition coefficient (Wildman–Crippen LogP) is 10.8. The van der Waals surface area contributed by atoms with Crippen molar-refractivity contribution < 1.29 is 9.53 Å². The summed E-state index contributed by atoms with van der Waals surface area (Å²) in [5, 5.41) is 0. The summed E-state index contributed by atoms with van der Waals surface area (Å²) in [4.78, 5) is 14.8. The van der Waals surface area contributed by atoms with E-state index in [4.69, 9.17) is 4.74 Å². The normalized spacial score (nSPS) is 17.8. The molecular weight excluding hydrogens is 454 g/mol. The minimum atomic E-state index is 0.0129. The Kier molecular flexibility index (Phi) is 19.0. The van der Waals surface area contributed by atoms with Gasteiger partial charge in [0.15, 0.2) is 0 Å². The molecule has 0 radical (unpaired) electrons. The van der Waals surface area contributed by atoms with Crippen LogP contribution in [-0.4, -0.2) is 35.1 Å². The second-order valence-corrected chi connectivity index (χ2v) is 13.5. The Labute approximate surface area is 233 Å². The third kappa shape index (κ3) is 16.9. The highest BCUT2D eigenvalue weighted by Crippen LogP contribution is 2.38. The van der Waals surface area contributed by atoms with Crippen molar-refractivity contribution in [1.29, 1.82) is 0 Å². The summed E-state index contributed by atoms with van der Waals surface area (Å²) in [5.41, 5.74) is 0.138. The monoisotopic (exact) mass is 522 g/mol. The fraction of sp³-hybridized carbons (Fsp3) is 0.971. The van der Waals surface area contributed by atoms with Crippen molar-refractivity contribution in [2.24, 2.45) is 0 Å². The first kappa shape index (κ1) is 34.5. The van der Waals surface area contributed by atoms with Gasteiger partial charge in [-0.25, -0.2) is 0 Å². The first-order valence-electron chi connectivity index (χ1n) is 16.6. The van der Waals surface area contributed by atoms with E-state index in [-0.39, 0.29) is 23.2 Å². The molecular formula is C34H67NO2. The smallest absolute Gasteiger partial charge is 0.306 e. The number of nitrogens with zero attached hydrogens (tertiary/aromatic N) is 1. The number of unbranched alkanes of at least 4 members (excludes halogenated alkanes) is 20. The van der Waals surface area contributed by atoms with Gasteiger partial charge in [0.05, 0.1) is 0 Å². The van der Waals surface area contributed by atoms with Crippen LogP contribution in [-0.2, 0) is 9.53 Å². The van der Waals surface area contributed by atoms with E-state index in [1.807, 2.05) is 0 Å². The first-order chi connectivity index (χ1) is 17.7. The van der Waals surface area contributed by atoms with Crippen LogP contribution in [0, 0.1) is 0 Å². The molecule has 0 spiro atoms. The summed E-state index contributed by atoms with van der Waals surface area (Å²) in [6, 6.07) is 0. The molecule has 1 rings (SSSR count). The number of carbonyl (C=O) groups excluding carboxylic acids is 1. The van der Waals surface area contributed by atoms with Gasteiger partial charge >= 0.3 is 5.97 Å². The van der Waals surface area contributed by atoms with E-state index in [9.17, 15) is 4.79 Å². The Hall–Kier alpha value is -0.570. The molecule has 0 atom stereocenters. The topological polar surface area (TPSA) is 29.5 Å². The Balaban J connectivity index is 1.83. The van der Waals surface area contributed by atoms with Crippen molar-refractivity contribution in [3.05, 3.63) is 0 Å². The zero-order valence-electron chi connectivity index (χ0n) is 26.3. The Morgan fingerprint density at radius 3 is 1.22 bits per heavy atom. The first-order valence-corrected chi connectivity index (χ1v) is 16.6. The lowest BCUT2D eigenvalue weighted by Crippen LogP contribution is -2.60. The number of ether oxygens (including phenoxy) is 1. The van der Waals surface area contributed by atoms with Gasteiger partial charge in [0.2, 0.25) is 0 Å². The molecule has 0 aromatic carbocycles. The molecule has 220 valence electrons. The van der Waals surface area contributed by atoms with Gasteiger partial charge in [0.1, 0.15) is 6.10 Å². The lowest BCUT2D eigenvalue weighted by atomic mass is 9.79. The lowest BCUT2D eigenvalue weighted by Gasteiger charge is -2.53. The SMILES string of the molecule is CCCCCCCCCCCCCCCCCCCCCCCC(=O)OC1CC(C)(C)N(C)C(C)(C)C1. The van der Waals surface area contributed by atoms with Gasteiger partial charge in [-0.15, -0.1) is 0 Å². The highest BCUT2D eigenvalue weighted by Gasteiger charge is 2.44. The maximum atomic E-state index is 12.4. The average Bonchev–Trinajstić information content (AvgIpc) is 2.83. The van der Waals surface area contributed by atoms with Gasteiger partial charge in [-0.1, -0.05) is 135 Å². The largest absolute Gasteiger partial charge is 0.462 e. The van der Waals surface area contributed by atoms with Gasteiger partial charge in [-0.3, -0.25) is 9.69 Å². The number of hydrogen-bond donors (Lipinski definition) is 0. The second-order valence-electron chi connectivity index (χ2n) is 13.5. The molecule has 1 heterocycles. The predicted molar refractivity (Wildman–Crippen MR) is 162 cm³/mol. The molecule has 3 heteroatoms. The van der Waals surface area contributed by atoms with Crippen LogP contribution >= 0.6 is 0 Å². The van der Waals surface area contributed by atoms with Crippen LogP contribution in [0.15, 0.2) is 0 Å². The van der Waals surface area contributed by atoms with E-state index in [1.54, 1.807) is 0 Å². The third-order valence-corrected chi connectivity index (χ3v) is 9.05. The minimum absolute atomic E-state index is 0.0129. The van der Waals surface area contributed by atoms with Crippen molar-refractivity contribution in [2.75, 3.05) is 7.05 Å². The fourth-order valence-electron chi connectivity index (χ4n) is 6.31. The maximum absolute atomic E-state index is 12.4. The van der Waals surface area contributed by atoms with E-state index < -0.39 is 0 Å². The molecule has 3 nitrogen and oxygen atoms in total. The molecule has 0 bridgehead atoms. The molecule has 0 amide bonds. The third-order valence-electron chi connectivity index (χ3n) is 9.05. The van der Waals surface area contributed by atoms with Crippen molar-refractivity contribution in [3.8, 4) is 0 Å². The number of rotatable bonds is 23. The van der Waals surface area contributed by atoms with E-state index in [0.717, 1.165) is 19.3 Å². The van der Waals surface area contributed by atoms with Gasteiger partial charge in [-0.2, -0.15) is 0 Å². The standard InChI is InChI=1S/C34H67NO2/c1-7-8-9-10-11-12-13-14-15-16-17-18-19-20-21-22-23-24-25-26-27-28-32(36)37-31-29-33(2,3)35(6)34(4,5)30-31/h31H,7-30H2,1-6H3. The fourth-order valence-corrected chi connectivity index (χ4v) is 6.31. The number of piperidine rings is 1. The summed E-state index contributed by atoms with van der Waals surface area (Å²) < 4.78 is 5.89. The Bertz CT molecular complexity index is 538. The molecule has 0 aromatic heterocycles. The van der Waals surface area contributed by atoms with E-state index >= 15 is 0 Å². The molecule has 1 saturated heterocycles. The molecule has 37 heavy (non-hydrogen) atoms. The van der Waals surface area contributed by atoms with Crippen molar-refractivity contribution in [3.63, 3.8) is 0 Å². The number of hydrogen-bond acceptors (Lipinski definition) is 3. The Morgan fingerprint density at radius 1 is 0.595 bits per heavy atom. The minimum Gasteiger partial charge on any atom is -0.462 e. The summed E-state index contributed by atoms with van der Waals surface area (Å²) in [7, 11) is 2.19. The molecule has 0 N–H and O–H groups in total. The van der Waals surface area contributed by atoms with Gasteiger partial charge in [0.25, 0.3) is 0 Å². The van der Waals surface area contributed by atoms with Crippen LogP contribution in [0.2, 0.25) is 0 Å². The summed E-state index contributed by atoms with van der Waals surface area (Å²) in [6.07, 6.45) is 31.6. The lowest BCUT2D eigenvalue weighted by molar-refractivity contribution is -0.159. The highest BCUT2D eigenvalue weighted by atomic mass is 16.5. The van der Waals surface area contributed by atoms with Crippen LogP contribution in [0.5, 0.6) is 0 Å².